The SMILES string of the molecule is CN1C[C@H](Oc2ncnc3ccc(Br)cc23)C[C@H]1C(=O)O. The number of hydrogen-bond acceptors (Lipinski definition) is 5. The Morgan fingerprint density at radius 3 is 3.00 bits per heavy atom. The van der Waals surface area contributed by atoms with Crippen LogP contribution in [0.1, 0.15) is 6.42 Å². The predicted octanol–water partition coefficient (Wildman–Crippen LogP) is 1.93. The average molecular weight is 352 g/mol. The third-order valence-corrected chi connectivity index (χ3v) is 4.13. The molecule has 0 spiro atoms. The summed E-state index contributed by atoms with van der Waals surface area (Å²) in [5.41, 5.74) is 0.796. The standard InChI is InChI=1S/C14H14BrN3O3/c1-18-6-9(5-12(18)14(19)20)21-13-10-4-8(15)2-3-11(10)16-7-17-13/h2-4,7,9,12H,5-6H2,1H3,(H,19,20)/t9-,12+/m1/s1. The zero-order chi connectivity index (χ0) is 15.0. The number of nitrogens with zero attached hydrogens (tertiary/aromatic N) is 3. The number of ether oxygens (including phenoxy) is 1. The van der Waals surface area contributed by atoms with Gasteiger partial charge in [-0.15, -0.1) is 0 Å². The maximum Gasteiger partial charge on any atom is 0.321 e. The smallest absolute Gasteiger partial charge is 0.321 e. The summed E-state index contributed by atoms with van der Waals surface area (Å²) in [5.74, 6) is -0.329. The lowest BCUT2D eigenvalue weighted by molar-refractivity contribution is -0.141. The number of aliphatic carboxylic acids is 1. The van der Waals surface area contributed by atoms with Crippen LogP contribution in [0.15, 0.2) is 29.0 Å². The van der Waals surface area contributed by atoms with E-state index >= 15 is 0 Å². The molecule has 110 valence electrons. The van der Waals surface area contributed by atoms with Crippen molar-refractivity contribution in [3.63, 3.8) is 0 Å². The van der Waals surface area contributed by atoms with Gasteiger partial charge in [0.1, 0.15) is 18.5 Å². The Kier molecular flexibility index (Phi) is 3.77. The minimum absolute atomic E-state index is 0.187. The van der Waals surface area contributed by atoms with Gasteiger partial charge in [-0.3, -0.25) is 9.69 Å². The third-order valence-electron chi connectivity index (χ3n) is 3.63. The summed E-state index contributed by atoms with van der Waals surface area (Å²) in [6, 6.07) is 5.19. The van der Waals surface area contributed by atoms with Crippen LogP contribution in [-0.2, 0) is 4.79 Å². The first kappa shape index (κ1) is 14.2. The molecule has 0 saturated carbocycles. The largest absolute Gasteiger partial charge is 0.480 e. The van der Waals surface area contributed by atoms with Crippen molar-refractivity contribution in [3.8, 4) is 5.88 Å². The number of benzene rings is 1. The maximum absolute atomic E-state index is 11.1. The van der Waals surface area contributed by atoms with Gasteiger partial charge in [-0.1, -0.05) is 15.9 Å². The van der Waals surface area contributed by atoms with E-state index in [1.54, 1.807) is 11.9 Å². The molecule has 6 nitrogen and oxygen atoms in total. The summed E-state index contributed by atoms with van der Waals surface area (Å²) in [6.45, 7) is 0.566. The number of likely N-dealkylation sites (tertiary alicyclic amines) is 1. The normalized spacial score (nSPS) is 22.6. The highest BCUT2D eigenvalue weighted by molar-refractivity contribution is 9.10. The van der Waals surface area contributed by atoms with E-state index in [9.17, 15) is 4.79 Å². The molecule has 7 heteroatoms. The molecule has 2 atom stereocenters. The average Bonchev–Trinajstić information content (AvgIpc) is 2.80. The van der Waals surface area contributed by atoms with E-state index in [2.05, 4.69) is 25.9 Å². The molecule has 1 aromatic heterocycles. The van der Waals surface area contributed by atoms with Gasteiger partial charge in [0.25, 0.3) is 0 Å². The van der Waals surface area contributed by atoms with Gasteiger partial charge in [0.15, 0.2) is 0 Å². The second-order valence-corrected chi connectivity index (χ2v) is 6.03. The molecule has 0 unspecified atom stereocenters. The molecule has 1 aliphatic heterocycles. The maximum atomic E-state index is 11.1. The van der Waals surface area contributed by atoms with E-state index in [0.717, 1.165) is 15.4 Å². The molecule has 0 amide bonds. The third kappa shape index (κ3) is 2.84. The number of carboxylic acid groups (broad SMARTS) is 1. The molecule has 21 heavy (non-hydrogen) atoms. The van der Waals surface area contributed by atoms with Crippen LogP contribution >= 0.6 is 15.9 Å². The summed E-state index contributed by atoms with van der Waals surface area (Å²) in [5, 5.41) is 9.96. The van der Waals surface area contributed by atoms with Crippen molar-refractivity contribution < 1.29 is 14.6 Å². The molecule has 1 fully saturated rings. The summed E-state index contributed by atoms with van der Waals surface area (Å²) >= 11 is 3.42. The van der Waals surface area contributed by atoms with Gasteiger partial charge in [0.05, 0.1) is 10.9 Å². The quantitative estimate of drug-likeness (QED) is 0.910. The molecule has 1 saturated heterocycles. The summed E-state index contributed by atoms with van der Waals surface area (Å²) in [7, 11) is 1.79. The van der Waals surface area contributed by atoms with Crippen molar-refractivity contribution in [3.05, 3.63) is 29.0 Å². The number of carbonyl (C=O) groups is 1. The van der Waals surface area contributed by atoms with Gasteiger partial charge in [0.2, 0.25) is 5.88 Å². The van der Waals surface area contributed by atoms with Gasteiger partial charge in [0, 0.05) is 17.4 Å². The van der Waals surface area contributed by atoms with Crippen LogP contribution in [0.3, 0.4) is 0 Å². The van der Waals surface area contributed by atoms with Gasteiger partial charge >= 0.3 is 5.97 Å². The van der Waals surface area contributed by atoms with Crippen molar-refractivity contribution in [1.29, 1.82) is 0 Å². The van der Waals surface area contributed by atoms with E-state index in [4.69, 9.17) is 9.84 Å². The molecule has 1 aliphatic rings. The lowest BCUT2D eigenvalue weighted by atomic mass is 10.2. The zero-order valence-corrected chi connectivity index (χ0v) is 12.9. The van der Waals surface area contributed by atoms with E-state index in [1.165, 1.54) is 6.33 Å². The van der Waals surface area contributed by atoms with Crippen LogP contribution < -0.4 is 4.74 Å². The van der Waals surface area contributed by atoms with E-state index in [0.29, 0.717) is 18.8 Å². The lowest BCUT2D eigenvalue weighted by Crippen LogP contribution is -2.32. The second kappa shape index (κ2) is 5.57. The van der Waals surface area contributed by atoms with Crippen LogP contribution in [0, 0.1) is 0 Å². The molecule has 2 aromatic rings. The van der Waals surface area contributed by atoms with Crippen LogP contribution in [0.2, 0.25) is 0 Å². The van der Waals surface area contributed by atoms with Gasteiger partial charge in [-0.25, -0.2) is 9.97 Å². The minimum Gasteiger partial charge on any atom is -0.480 e. The molecule has 2 heterocycles. The monoisotopic (exact) mass is 351 g/mol. The Balaban J connectivity index is 1.86. The molecule has 0 bridgehead atoms. The highest BCUT2D eigenvalue weighted by Crippen LogP contribution is 2.28. The van der Waals surface area contributed by atoms with Gasteiger partial charge < -0.3 is 9.84 Å². The van der Waals surface area contributed by atoms with Crippen molar-refractivity contribution in [2.24, 2.45) is 0 Å². The topological polar surface area (TPSA) is 75.5 Å². The number of likely N-dealkylation sites (N-methyl/N-ethyl adjacent to an activating group) is 1. The number of aromatic nitrogens is 2. The van der Waals surface area contributed by atoms with E-state index in [1.807, 2.05) is 18.2 Å². The first-order valence-electron chi connectivity index (χ1n) is 6.54. The fraction of sp³-hybridized carbons (Fsp3) is 0.357. The van der Waals surface area contributed by atoms with E-state index < -0.39 is 12.0 Å². The molecule has 0 aliphatic carbocycles. The number of halogens is 1. The van der Waals surface area contributed by atoms with Crippen LogP contribution in [0.5, 0.6) is 5.88 Å². The number of hydrogen-bond donors (Lipinski definition) is 1. The second-order valence-electron chi connectivity index (χ2n) is 5.11. The molecule has 3 rings (SSSR count). The molecular weight excluding hydrogens is 338 g/mol. The predicted molar refractivity (Wildman–Crippen MR) is 80.3 cm³/mol. The first-order chi connectivity index (χ1) is 10.0. The first-order valence-corrected chi connectivity index (χ1v) is 7.34. The number of rotatable bonds is 3. The highest BCUT2D eigenvalue weighted by Gasteiger charge is 2.36. The van der Waals surface area contributed by atoms with Crippen molar-refractivity contribution >= 4 is 32.8 Å². The summed E-state index contributed by atoms with van der Waals surface area (Å²) in [4.78, 5) is 21.3. The Morgan fingerprint density at radius 2 is 2.29 bits per heavy atom. The number of fused-ring (bicyclic) bond motifs is 1. The molecule has 0 radical (unpaired) electrons. The highest BCUT2D eigenvalue weighted by atomic mass is 79.9. The molecular formula is C14H14BrN3O3. The summed E-state index contributed by atoms with van der Waals surface area (Å²) in [6.07, 6.45) is 1.72. The molecule has 1 N–H and O–H groups in total. The van der Waals surface area contributed by atoms with Crippen molar-refractivity contribution in [1.82, 2.24) is 14.9 Å². The lowest BCUT2D eigenvalue weighted by Gasteiger charge is -2.14. The van der Waals surface area contributed by atoms with E-state index in [-0.39, 0.29) is 6.10 Å². The van der Waals surface area contributed by atoms with Crippen LogP contribution in [0.25, 0.3) is 10.9 Å². The zero-order valence-electron chi connectivity index (χ0n) is 11.4. The van der Waals surface area contributed by atoms with Gasteiger partial charge in [-0.05, 0) is 25.2 Å². The number of carboxylic acids is 1. The Hall–Kier alpha value is -1.73. The Bertz CT molecular complexity index is 694. The van der Waals surface area contributed by atoms with Crippen molar-refractivity contribution in [2.75, 3.05) is 13.6 Å². The van der Waals surface area contributed by atoms with Crippen molar-refractivity contribution in [2.45, 2.75) is 18.6 Å². The molecule has 1 aromatic carbocycles. The van der Waals surface area contributed by atoms with Crippen LogP contribution in [-0.4, -0.2) is 51.7 Å². The summed E-state index contributed by atoms with van der Waals surface area (Å²) < 4.78 is 6.84. The fourth-order valence-corrected chi connectivity index (χ4v) is 2.94. The Morgan fingerprint density at radius 1 is 1.48 bits per heavy atom. The minimum atomic E-state index is -0.820. The fourth-order valence-electron chi connectivity index (χ4n) is 2.58. The van der Waals surface area contributed by atoms with Crippen LogP contribution in [0.4, 0.5) is 0 Å². The Labute approximate surface area is 129 Å². The van der Waals surface area contributed by atoms with Gasteiger partial charge in [-0.2, -0.15) is 0 Å².